The molecule has 2 N–H and O–H groups in total. The number of halogens is 2. The third kappa shape index (κ3) is 5.61. The number of nitrogens with one attached hydrogen (secondary N) is 1. The van der Waals surface area contributed by atoms with Crippen molar-refractivity contribution in [3.63, 3.8) is 0 Å². The van der Waals surface area contributed by atoms with Gasteiger partial charge in [-0.05, 0) is 77.7 Å². The first-order valence-electron chi connectivity index (χ1n) is 13.1. The van der Waals surface area contributed by atoms with E-state index < -0.39 is 6.23 Å². The van der Waals surface area contributed by atoms with Crippen LogP contribution in [0.4, 0.5) is 17.1 Å². The lowest BCUT2D eigenvalue weighted by molar-refractivity contribution is 0.0863. The SMILES string of the molecule is CSN(C)C(O)c1cc(Cl)cc2c1NC(c1cccc(N3CCN(c4ccc(Cl)cc4)CC3)c1)C(C)(C)C2. The molecule has 0 saturated carbocycles. The van der Waals surface area contributed by atoms with Crippen LogP contribution >= 0.6 is 35.1 Å². The first-order valence-corrected chi connectivity index (χ1v) is 15.0. The molecule has 0 bridgehead atoms. The smallest absolute Gasteiger partial charge is 0.144 e. The van der Waals surface area contributed by atoms with Crippen molar-refractivity contribution in [1.82, 2.24) is 4.31 Å². The zero-order chi connectivity index (χ0) is 27.0. The highest BCUT2D eigenvalue weighted by molar-refractivity contribution is 7.96. The van der Waals surface area contributed by atoms with Crippen LogP contribution in [0.3, 0.4) is 0 Å². The Hall–Kier alpha value is -2.09. The number of piperazine rings is 1. The maximum atomic E-state index is 11.1. The fourth-order valence-corrected chi connectivity index (χ4v) is 6.43. The van der Waals surface area contributed by atoms with Crippen LogP contribution in [0.1, 0.15) is 42.8 Å². The lowest BCUT2D eigenvalue weighted by Crippen LogP contribution is -2.46. The summed E-state index contributed by atoms with van der Waals surface area (Å²) in [6, 6.07) is 21.1. The van der Waals surface area contributed by atoms with Gasteiger partial charge in [0.15, 0.2) is 0 Å². The summed E-state index contributed by atoms with van der Waals surface area (Å²) in [5, 5.41) is 16.3. The van der Waals surface area contributed by atoms with Crippen molar-refractivity contribution in [2.45, 2.75) is 32.5 Å². The second-order valence-electron chi connectivity index (χ2n) is 10.9. The third-order valence-electron chi connectivity index (χ3n) is 7.88. The molecule has 0 radical (unpaired) electrons. The van der Waals surface area contributed by atoms with Crippen LogP contribution in [0, 0.1) is 5.41 Å². The molecule has 8 heteroatoms. The van der Waals surface area contributed by atoms with Crippen molar-refractivity contribution in [3.05, 3.63) is 87.4 Å². The average molecular weight is 572 g/mol. The van der Waals surface area contributed by atoms with E-state index in [1.54, 1.807) is 0 Å². The van der Waals surface area contributed by atoms with Crippen LogP contribution in [-0.4, -0.2) is 48.9 Å². The molecule has 5 rings (SSSR count). The number of aliphatic hydroxyl groups excluding tert-OH is 1. The summed E-state index contributed by atoms with van der Waals surface area (Å²) in [6.45, 7) is 8.47. The van der Waals surface area contributed by atoms with Gasteiger partial charge in [-0.2, -0.15) is 0 Å². The summed E-state index contributed by atoms with van der Waals surface area (Å²) >= 11 is 14.1. The molecule has 0 aromatic heterocycles. The molecule has 2 aliphatic rings. The highest BCUT2D eigenvalue weighted by Crippen LogP contribution is 2.48. The van der Waals surface area contributed by atoms with Crippen LogP contribution in [0.5, 0.6) is 0 Å². The number of aliphatic hydroxyl groups is 1. The first-order chi connectivity index (χ1) is 18.2. The van der Waals surface area contributed by atoms with Gasteiger partial charge in [0.2, 0.25) is 0 Å². The van der Waals surface area contributed by atoms with Gasteiger partial charge in [0.25, 0.3) is 0 Å². The summed E-state index contributed by atoms with van der Waals surface area (Å²) in [6.07, 6.45) is 2.07. The van der Waals surface area contributed by atoms with Crippen LogP contribution in [-0.2, 0) is 6.42 Å². The molecular formula is C30H36Cl2N4OS. The standard InChI is InChI=1S/C30H36Cl2N4OS/c1-30(2)19-21-16-23(32)18-26(29(37)34(3)38-4)27(21)33-28(30)20-6-5-7-25(17-20)36-14-12-35(13-15-36)24-10-8-22(31)9-11-24/h5-11,16-18,28-29,33,37H,12-15,19H2,1-4H3. The van der Waals surface area contributed by atoms with Crippen LogP contribution in [0.2, 0.25) is 10.0 Å². The average Bonchev–Trinajstić information content (AvgIpc) is 2.91. The number of hydrogen-bond donors (Lipinski definition) is 2. The zero-order valence-electron chi connectivity index (χ0n) is 22.4. The Balaban J connectivity index is 1.38. The summed E-state index contributed by atoms with van der Waals surface area (Å²) in [5.74, 6) is 0. The highest BCUT2D eigenvalue weighted by Gasteiger charge is 2.38. The Bertz CT molecular complexity index is 1280. The van der Waals surface area contributed by atoms with E-state index >= 15 is 0 Å². The predicted molar refractivity (Wildman–Crippen MR) is 164 cm³/mol. The molecule has 1 saturated heterocycles. The Morgan fingerprint density at radius 1 is 0.947 bits per heavy atom. The van der Waals surface area contributed by atoms with E-state index in [9.17, 15) is 5.11 Å². The van der Waals surface area contributed by atoms with E-state index in [4.69, 9.17) is 23.2 Å². The van der Waals surface area contributed by atoms with E-state index in [1.165, 1.54) is 28.9 Å². The Labute approximate surface area is 240 Å². The van der Waals surface area contributed by atoms with Gasteiger partial charge in [-0.3, -0.25) is 0 Å². The molecule has 0 aliphatic carbocycles. The predicted octanol–water partition coefficient (Wildman–Crippen LogP) is 7.26. The van der Waals surface area contributed by atoms with E-state index in [1.807, 2.05) is 41.9 Å². The zero-order valence-corrected chi connectivity index (χ0v) is 24.7. The molecule has 2 heterocycles. The molecule has 2 aliphatic heterocycles. The maximum absolute atomic E-state index is 11.1. The molecular weight excluding hydrogens is 535 g/mol. The lowest BCUT2D eigenvalue weighted by atomic mass is 9.72. The summed E-state index contributed by atoms with van der Waals surface area (Å²) in [4.78, 5) is 4.89. The Kier molecular flexibility index (Phi) is 8.09. The van der Waals surface area contributed by atoms with E-state index in [0.29, 0.717) is 5.02 Å². The fraction of sp³-hybridized carbons (Fsp3) is 0.400. The van der Waals surface area contributed by atoms with Crippen molar-refractivity contribution >= 4 is 52.2 Å². The molecule has 2 unspecified atom stereocenters. The first kappa shape index (κ1) is 27.5. The monoisotopic (exact) mass is 570 g/mol. The fourth-order valence-electron chi connectivity index (χ4n) is 5.74. The van der Waals surface area contributed by atoms with E-state index in [-0.39, 0.29) is 11.5 Å². The molecule has 5 nitrogen and oxygen atoms in total. The molecule has 0 amide bonds. The molecule has 202 valence electrons. The van der Waals surface area contributed by atoms with Gasteiger partial charge in [-0.15, -0.1) is 0 Å². The quantitative estimate of drug-likeness (QED) is 0.240. The maximum Gasteiger partial charge on any atom is 0.144 e. The van der Waals surface area contributed by atoms with E-state index in [0.717, 1.165) is 54.4 Å². The number of fused-ring (bicyclic) bond motifs is 1. The summed E-state index contributed by atoms with van der Waals surface area (Å²) < 4.78 is 1.84. The molecule has 2 atom stereocenters. The topological polar surface area (TPSA) is 42.0 Å². The number of hydrogen-bond acceptors (Lipinski definition) is 6. The molecule has 1 fully saturated rings. The third-order valence-corrected chi connectivity index (χ3v) is 9.13. The van der Waals surface area contributed by atoms with Gasteiger partial charge < -0.3 is 20.2 Å². The van der Waals surface area contributed by atoms with Crippen LogP contribution in [0.25, 0.3) is 0 Å². The number of anilines is 3. The molecule has 0 spiro atoms. The minimum absolute atomic E-state index is 0.0444. The summed E-state index contributed by atoms with van der Waals surface area (Å²) in [5.41, 5.74) is 6.65. The van der Waals surface area contributed by atoms with Crippen LogP contribution in [0.15, 0.2) is 60.7 Å². The second-order valence-corrected chi connectivity index (χ2v) is 12.7. The van der Waals surface area contributed by atoms with Crippen molar-refractivity contribution in [3.8, 4) is 0 Å². The minimum atomic E-state index is -0.755. The Morgan fingerprint density at radius 3 is 2.26 bits per heavy atom. The van der Waals surface area contributed by atoms with Crippen molar-refractivity contribution in [1.29, 1.82) is 0 Å². The minimum Gasteiger partial charge on any atom is -0.377 e. The second kappa shape index (κ2) is 11.2. The van der Waals surface area contributed by atoms with Crippen molar-refractivity contribution < 1.29 is 5.11 Å². The van der Waals surface area contributed by atoms with Gasteiger partial charge >= 0.3 is 0 Å². The van der Waals surface area contributed by atoms with Crippen molar-refractivity contribution in [2.24, 2.45) is 5.41 Å². The largest absolute Gasteiger partial charge is 0.377 e. The number of nitrogens with zero attached hydrogens (tertiary/aromatic N) is 3. The molecule has 3 aromatic rings. The van der Waals surface area contributed by atoms with Crippen LogP contribution < -0.4 is 15.1 Å². The van der Waals surface area contributed by atoms with Gasteiger partial charge in [0.1, 0.15) is 6.23 Å². The molecule has 3 aromatic carbocycles. The van der Waals surface area contributed by atoms with Gasteiger partial charge in [-0.1, -0.05) is 61.1 Å². The normalized spacial score (nSPS) is 19.7. The van der Waals surface area contributed by atoms with E-state index in [2.05, 4.69) is 65.4 Å². The lowest BCUT2D eigenvalue weighted by Gasteiger charge is -2.43. The van der Waals surface area contributed by atoms with Gasteiger partial charge in [-0.25, -0.2) is 4.31 Å². The summed E-state index contributed by atoms with van der Waals surface area (Å²) in [7, 11) is 1.89. The molecule has 38 heavy (non-hydrogen) atoms. The van der Waals surface area contributed by atoms with Gasteiger partial charge in [0.05, 0.1) is 6.04 Å². The number of benzene rings is 3. The number of rotatable bonds is 6. The van der Waals surface area contributed by atoms with Crippen molar-refractivity contribution in [2.75, 3.05) is 54.6 Å². The Morgan fingerprint density at radius 2 is 1.61 bits per heavy atom. The highest BCUT2D eigenvalue weighted by atomic mass is 35.5. The van der Waals surface area contributed by atoms with Gasteiger partial charge in [0, 0.05) is 65.9 Å².